The first kappa shape index (κ1) is 22.8. The molecular formula is C23H19ClN2O6. The van der Waals surface area contributed by atoms with Crippen LogP contribution in [0.15, 0.2) is 47.5 Å². The van der Waals surface area contributed by atoms with Crippen molar-refractivity contribution in [3.05, 3.63) is 81.1 Å². The highest BCUT2D eigenvalue weighted by atomic mass is 35.5. The Hall–Kier alpha value is -3.91. The van der Waals surface area contributed by atoms with E-state index in [1.165, 1.54) is 25.3 Å². The van der Waals surface area contributed by atoms with Crippen molar-refractivity contribution in [3.63, 3.8) is 0 Å². The summed E-state index contributed by atoms with van der Waals surface area (Å²) < 4.78 is 6.43. The third-order valence-electron chi connectivity index (χ3n) is 4.85. The first-order valence-electron chi connectivity index (χ1n) is 9.35. The molecule has 0 aliphatic heterocycles. The molecule has 3 aromatic rings. The summed E-state index contributed by atoms with van der Waals surface area (Å²) in [6.07, 6.45) is 1.61. The minimum absolute atomic E-state index is 0.122. The van der Waals surface area contributed by atoms with Gasteiger partial charge in [0.1, 0.15) is 0 Å². The largest absolute Gasteiger partial charge is 0.478 e. The van der Waals surface area contributed by atoms with Crippen molar-refractivity contribution in [2.75, 3.05) is 7.11 Å². The van der Waals surface area contributed by atoms with Crippen LogP contribution in [0.2, 0.25) is 5.02 Å². The van der Waals surface area contributed by atoms with Crippen LogP contribution in [0.5, 0.6) is 0 Å². The number of aromatic carboxylic acids is 2. The molecule has 0 saturated heterocycles. The number of halogens is 1. The maximum absolute atomic E-state index is 11.7. The van der Waals surface area contributed by atoms with Gasteiger partial charge in [-0.2, -0.15) is 0 Å². The first-order valence-corrected chi connectivity index (χ1v) is 9.73. The second-order valence-electron chi connectivity index (χ2n) is 6.95. The molecule has 0 atom stereocenters. The number of methoxy groups -OCH3 is 1. The molecule has 2 aromatic carbocycles. The summed E-state index contributed by atoms with van der Waals surface area (Å²) in [6, 6.07) is 10.5. The summed E-state index contributed by atoms with van der Waals surface area (Å²) >= 11 is 6.13. The third-order valence-corrected chi connectivity index (χ3v) is 5.16. The Balaban J connectivity index is 2.00. The molecule has 0 radical (unpaired) electrons. The molecule has 0 fully saturated rings. The fourth-order valence-corrected chi connectivity index (χ4v) is 3.56. The number of esters is 1. The predicted octanol–water partition coefficient (Wildman–Crippen LogP) is 4.68. The Labute approximate surface area is 188 Å². The topological polar surface area (TPSA) is 118 Å². The molecule has 1 heterocycles. The summed E-state index contributed by atoms with van der Waals surface area (Å²) in [5.41, 5.74) is 3.18. The zero-order valence-electron chi connectivity index (χ0n) is 17.4. The fraction of sp³-hybridized carbons (Fsp3) is 0.130. The van der Waals surface area contributed by atoms with Crippen LogP contribution in [0.25, 0.3) is 5.69 Å². The van der Waals surface area contributed by atoms with Gasteiger partial charge in [0, 0.05) is 28.9 Å². The average Bonchev–Trinajstić information content (AvgIpc) is 3.04. The molecule has 0 saturated carbocycles. The van der Waals surface area contributed by atoms with Crippen LogP contribution in [0, 0.1) is 13.8 Å². The van der Waals surface area contributed by atoms with Gasteiger partial charge in [-0.15, -0.1) is 0 Å². The summed E-state index contributed by atoms with van der Waals surface area (Å²) in [6.45, 7) is 3.63. The van der Waals surface area contributed by atoms with Crippen LogP contribution < -0.4 is 0 Å². The molecule has 9 heteroatoms. The summed E-state index contributed by atoms with van der Waals surface area (Å²) in [5.74, 6) is -2.98. The van der Waals surface area contributed by atoms with Crippen LogP contribution in [0.4, 0.5) is 5.69 Å². The number of hydrogen-bond donors (Lipinski definition) is 2. The van der Waals surface area contributed by atoms with Gasteiger partial charge >= 0.3 is 17.9 Å². The average molecular weight is 455 g/mol. The van der Waals surface area contributed by atoms with Gasteiger partial charge in [0.2, 0.25) is 0 Å². The van der Waals surface area contributed by atoms with E-state index < -0.39 is 17.9 Å². The molecule has 1 aromatic heterocycles. The van der Waals surface area contributed by atoms with Crippen molar-refractivity contribution in [1.82, 2.24) is 4.57 Å². The SMILES string of the molecule is COC(=O)c1ccc(N=Cc2cc(C)n(-c3cc(C(=O)O)cc(C(=O)O)c3)c2C)cc1Cl. The Kier molecular flexibility index (Phi) is 6.45. The summed E-state index contributed by atoms with van der Waals surface area (Å²) in [7, 11) is 1.27. The molecule has 0 spiro atoms. The van der Waals surface area contributed by atoms with Crippen LogP contribution in [0.1, 0.15) is 48.0 Å². The molecule has 0 aliphatic carbocycles. The van der Waals surface area contributed by atoms with Gasteiger partial charge in [-0.3, -0.25) is 4.99 Å². The minimum Gasteiger partial charge on any atom is -0.478 e. The number of carbonyl (C=O) groups excluding carboxylic acids is 1. The zero-order chi connectivity index (χ0) is 23.6. The lowest BCUT2D eigenvalue weighted by Crippen LogP contribution is -2.07. The molecule has 2 N–H and O–H groups in total. The monoisotopic (exact) mass is 454 g/mol. The first-order chi connectivity index (χ1) is 15.1. The number of carboxylic acids is 2. The van der Waals surface area contributed by atoms with Crippen molar-refractivity contribution in [2.24, 2.45) is 4.99 Å². The number of rotatable bonds is 6. The minimum atomic E-state index is -1.22. The van der Waals surface area contributed by atoms with Crippen LogP contribution >= 0.6 is 11.6 Å². The van der Waals surface area contributed by atoms with Crippen molar-refractivity contribution in [2.45, 2.75) is 13.8 Å². The highest BCUT2D eigenvalue weighted by molar-refractivity contribution is 6.33. The molecule has 0 aliphatic rings. The normalized spacial score (nSPS) is 11.0. The lowest BCUT2D eigenvalue weighted by Gasteiger charge is -2.12. The fourth-order valence-electron chi connectivity index (χ4n) is 3.31. The number of aliphatic imine (C=N–C) groups is 1. The van der Waals surface area contributed by atoms with E-state index in [0.29, 0.717) is 11.4 Å². The highest BCUT2D eigenvalue weighted by Crippen LogP contribution is 2.25. The van der Waals surface area contributed by atoms with Crippen molar-refractivity contribution in [3.8, 4) is 5.69 Å². The lowest BCUT2D eigenvalue weighted by atomic mass is 10.1. The van der Waals surface area contributed by atoms with Gasteiger partial charge in [0.15, 0.2) is 0 Å². The smallest absolute Gasteiger partial charge is 0.339 e. The summed E-state index contributed by atoms with van der Waals surface area (Å²) in [5, 5.41) is 18.9. The number of carbonyl (C=O) groups is 3. The number of benzene rings is 2. The molecule has 164 valence electrons. The van der Waals surface area contributed by atoms with E-state index in [4.69, 9.17) is 11.6 Å². The number of carboxylic acid groups (broad SMARTS) is 2. The van der Waals surface area contributed by atoms with Crippen molar-refractivity contribution in [1.29, 1.82) is 0 Å². The lowest BCUT2D eigenvalue weighted by molar-refractivity contribution is 0.0599. The van der Waals surface area contributed by atoms with Gasteiger partial charge in [-0.05, 0) is 56.3 Å². The Bertz CT molecular complexity index is 1240. The van der Waals surface area contributed by atoms with Gasteiger partial charge in [-0.25, -0.2) is 14.4 Å². The van der Waals surface area contributed by atoms with Gasteiger partial charge in [0.05, 0.1) is 34.5 Å². The maximum atomic E-state index is 11.7. The van der Waals surface area contributed by atoms with Crippen molar-refractivity contribution >= 4 is 41.4 Å². The number of aryl methyl sites for hydroxylation is 1. The van der Waals surface area contributed by atoms with Crippen LogP contribution in [-0.2, 0) is 4.74 Å². The van der Waals surface area contributed by atoms with E-state index in [-0.39, 0.29) is 21.7 Å². The van der Waals surface area contributed by atoms with E-state index in [1.807, 2.05) is 19.9 Å². The number of aromatic nitrogens is 1. The Morgan fingerprint density at radius 2 is 1.62 bits per heavy atom. The quantitative estimate of drug-likeness (QED) is 0.412. The molecule has 3 rings (SSSR count). The second kappa shape index (κ2) is 9.07. The summed E-state index contributed by atoms with van der Waals surface area (Å²) in [4.78, 5) is 38.9. The molecular weight excluding hydrogens is 436 g/mol. The van der Waals surface area contributed by atoms with Crippen LogP contribution in [-0.4, -0.2) is 46.0 Å². The third kappa shape index (κ3) is 4.55. The second-order valence-corrected chi connectivity index (χ2v) is 7.36. The van der Waals surface area contributed by atoms with Gasteiger partial charge < -0.3 is 19.5 Å². The van der Waals surface area contributed by atoms with Gasteiger partial charge in [0.25, 0.3) is 0 Å². The Morgan fingerprint density at radius 3 is 2.16 bits per heavy atom. The van der Waals surface area contributed by atoms with Crippen LogP contribution in [0.3, 0.4) is 0 Å². The molecule has 8 nitrogen and oxygen atoms in total. The Morgan fingerprint density at radius 1 is 1.00 bits per heavy atom. The predicted molar refractivity (Wildman–Crippen MR) is 119 cm³/mol. The number of ether oxygens (including phenoxy) is 1. The highest BCUT2D eigenvalue weighted by Gasteiger charge is 2.16. The maximum Gasteiger partial charge on any atom is 0.339 e. The van der Waals surface area contributed by atoms with Crippen molar-refractivity contribution < 1.29 is 29.3 Å². The molecule has 0 bridgehead atoms. The van der Waals surface area contributed by atoms with E-state index >= 15 is 0 Å². The van der Waals surface area contributed by atoms with E-state index in [9.17, 15) is 24.6 Å². The van der Waals surface area contributed by atoms with E-state index in [2.05, 4.69) is 9.73 Å². The molecule has 0 amide bonds. The number of nitrogens with zero attached hydrogens (tertiary/aromatic N) is 2. The van der Waals surface area contributed by atoms with E-state index in [1.54, 1.807) is 22.9 Å². The number of hydrogen-bond acceptors (Lipinski definition) is 5. The standard InChI is InChI=1S/C23H19ClN2O6/c1-12-6-16(11-25-17-4-5-19(20(24)10-17)23(31)32-3)13(2)26(12)18-8-14(21(27)28)7-15(9-18)22(29)30/h4-11H,1-3H3,(H,27,28)(H,29,30). The van der Waals surface area contributed by atoms with Gasteiger partial charge in [-0.1, -0.05) is 11.6 Å². The molecule has 32 heavy (non-hydrogen) atoms. The molecule has 0 unspecified atom stereocenters. The zero-order valence-corrected chi connectivity index (χ0v) is 18.2. The van der Waals surface area contributed by atoms with E-state index in [0.717, 1.165) is 23.0 Å².